The molecule has 0 spiro atoms. The van der Waals surface area contributed by atoms with E-state index in [1.807, 2.05) is 0 Å². The van der Waals surface area contributed by atoms with Crippen LogP contribution in [0, 0.1) is 5.82 Å². The fraction of sp³-hybridized carbons (Fsp3) is 0.500. The van der Waals surface area contributed by atoms with Crippen molar-refractivity contribution in [3.05, 3.63) is 30.1 Å². The number of hydrogen-bond acceptors (Lipinski definition) is 3. The van der Waals surface area contributed by atoms with Crippen molar-refractivity contribution in [1.29, 1.82) is 0 Å². The number of carbonyl (C=O) groups excluding carboxylic acids is 1. The van der Waals surface area contributed by atoms with Crippen molar-refractivity contribution in [2.24, 2.45) is 5.10 Å². The topological polar surface area (TPSA) is 41.5 Å². The zero-order valence-corrected chi connectivity index (χ0v) is 12.9. The first-order valence-electron chi connectivity index (χ1n) is 7.47. The molecule has 2 rings (SSSR count). The first-order chi connectivity index (χ1) is 10.3. The van der Waals surface area contributed by atoms with Crippen molar-refractivity contribution >= 4 is 23.4 Å². The molecule has 1 amide bonds. The molecule has 1 aliphatic carbocycles. The third-order valence-corrected chi connectivity index (χ3v) is 4.51. The number of hydrogen-bond donors (Lipinski definition) is 1. The van der Waals surface area contributed by atoms with E-state index in [2.05, 4.69) is 10.5 Å². The number of benzene rings is 1. The number of amides is 1. The van der Waals surface area contributed by atoms with E-state index in [-0.39, 0.29) is 17.5 Å². The minimum atomic E-state index is -0.290. The first-order valence-corrected chi connectivity index (χ1v) is 8.46. The van der Waals surface area contributed by atoms with Crippen LogP contribution in [0.1, 0.15) is 44.9 Å². The summed E-state index contributed by atoms with van der Waals surface area (Å²) in [5, 5.41) is 4.23. The van der Waals surface area contributed by atoms with Gasteiger partial charge in [0, 0.05) is 10.6 Å². The lowest BCUT2D eigenvalue weighted by Gasteiger charge is -2.10. The molecule has 1 saturated carbocycles. The van der Waals surface area contributed by atoms with E-state index >= 15 is 0 Å². The Hall–Kier alpha value is -1.36. The zero-order valence-electron chi connectivity index (χ0n) is 12.1. The molecule has 1 aliphatic rings. The minimum Gasteiger partial charge on any atom is -0.272 e. The summed E-state index contributed by atoms with van der Waals surface area (Å²) in [5.74, 6) is -0.294. The molecule has 0 aliphatic heterocycles. The molecule has 3 nitrogen and oxygen atoms in total. The Kier molecular flexibility index (Phi) is 6.73. The van der Waals surface area contributed by atoms with Gasteiger partial charge in [-0.15, -0.1) is 11.8 Å². The van der Waals surface area contributed by atoms with Crippen molar-refractivity contribution in [3.63, 3.8) is 0 Å². The molecule has 5 heteroatoms. The van der Waals surface area contributed by atoms with Crippen molar-refractivity contribution < 1.29 is 9.18 Å². The summed E-state index contributed by atoms with van der Waals surface area (Å²) >= 11 is 1.19. The fourth-order valence-electron chi connectivity index (χ4n) is 2.30. The third kappa shape index (κ3) is 5.87. The summed E-state index contributed by atoms with van der Waals surface area (Å²) in [6, 6.07) is 6.47. The standard InChI is InChI=1S/C16H21FN2OS/c17-14-10-6-7-11-15(14)21-12-16(20)19-18-13-8-4-2-1-3-5-9-13/h6-7,10-11H,1-5,8-9,12H2,(H,19,20). The fourth-order valence-corrected chi connectivity index (χ4v) is 3.04. The van der Waals surface area contributed by atoms with Gasteiger partial charge in [0.05, 0.1) is 5.75 Å². The summed E-state index contributed by atoms with van der Waals surface area (Å²) < 4.78 is 13.4. The largest absolute Gasteiger partial charge is 0.272 e. The van der Waals surface area contributed by atoms with Gasteiger partial charge in [0.2, 0.25) is 5.91 Å². The molecule has 114 valence electrons. The van der Waals surface area contributed by atoms with Crippen molar-refractivity contribution in [1.82, 2.24) is 5.43 Å². The van der Waals surface area contributed by atoms with Crippen LogP contribution >= 0.6 is 11.8 Å². The summed E-state index contributed by atoms with van der Waals surface area (Å²) in [6.45, 7) is 0. The van der Waals surface area contributed by atoms with Gasteiger partial charge in [-0.05, 0) is 37.8 Å². The summed E-state index contributed by atoms with van der Waals surface area (Å²) in [4.78, 5) is 12.3. The van der Waals surface area contributed by atoms with Gasteiger partial charge in [-0.25, -0.2) is 9.82 Å². The van der Waals surface area contributed by atoms with Gasteiger partial charge >= 0.3 is 0 Å². The number of thioether (sulfide) groups is 1. The van der Waals surface area contributed by atoms with Crippen molar-refractivity contribution in [2.75, 3.05) is 5.75 Å². The molecule has 0 saturated heterocycles. The molecule has 1 fully saturated rings. The highest BCUT2D eigenvalue weighted by molar-refractivity contribution is 8.00. The number of rotatable bonds is 4. The Bertz CT molecular complexity index is 495. The van der Waals surface area contributed by atoms with Crippen LogP contribution in [0.2, 0.25) is 0 Å². The maximum Gasteiger partial charge on any atom is 0.250 e. The predicted molar refractivity (Wildman–Crippen MR) is 85.0 cm³/mol. The zero-order chi connectivity index (χ0) is 14.9. The quantitative estimate of drug-likeness (QED) is 0.671. The second-order valence-electron chi connectivity index (χ2n) is 5.20. The SMILES string of the molecule is O=C(CSc1ccccc1F)NN=C1CCCCCCC1. The van der Waals surface area contributed by atoms with Gasteiger partial charge in [-0.2, -0.15) is 5.10 Å². The van der Waals surface area contributed by atoms with Crippen LogP contribution in [0.3, 0.4) is 0 Å². The van der Waals surface area contributed by atoms with E-state index in [0.717, 1.165) is 31.4 Å². The molecule has 0 heterocycles. The van der Waals surface area contributed by atoms with Gasteiger partial charge < -0.3 is 0 Å². The second-order valence-corrected chi connectivity index (χ2v) is 6.22. The average molecular weight is 308 g/mol. The smallest absolute Gasteiger partial charge is 0.250 e. The molecule has 0 aromatic heterocycles. The Labute approximate surface area is 129 Å². The van der Waals surface area contributed by atoms with E-state index in [4.69, 9.17) is 0 Å². The highest BCUT2D eigenvalue weighted by Gasteiger charge is 2.08. The number of nitrogens with zero attached hydrogens (tertiary/aromatic N) is 1. The molecule has 0 atom stereocenters. The van der Waals surface area contributed by atoms with E-state index in [0.29, 0.717) is 4.90 Å². The average Bonchev–Trinajstić information content (AvgIpc) is 2.45. The third-order valence-electron chi connectivity index (χ3n) is 3.46. The molecular formula is C16H21FN2OS. The van der Waals surface area contributed by atoms with E-state index in [1.165, 1.54) is 37.1 Å². The van der Waals surface area contributed by atoms with Gasteiger partial charge in [0.15, 0.2) is 0 Å². The Morgan fingerprint density at radius 3 is 2.52 bits per heavy atom. The lowest BCUT2D eigenvalue weighted by molar-refractivity contribution is -0.118. The highest BCUT2D eigenvalue weighted by Crippen LogP contribution is 2.20. The summed E-state index contributed by atoms with van der Waals surface area (Å²) in [5.41, 5.74) is 3.68. The molecular weight excluding hydrogens is 287 g/mol. The van der Waals surface area contributed by atoms with Gasteiger partial charge in [0.1, 0.15) is 5.82 Å². The van der Waals surface area contributed by atoms with Crippen LogP contribution in [-0.4, -0.2) is 17.4 Å². The molecule has 1 aromatic rings. The van der Waals surface area contributed by atoms with Crippen LogP contribution in [-0.2, 0) is 4.79 Å². The minimum absolute atomic E-state index is 0.178. The van der Waals surface area contributed by atoms with Crippen molar-refractivity contribution in [3.8, 4) is 0 Å². The number of halogens is 1. The van der Waals surface area contributed by atoms with E-state index in [9.17, 15) is 9.18 Å². The van der Waals surface area contributed by atoms with E-state index in [1.54, 1.807) is 18.2 Å². The van der Waals surface area contributed by atoms with Gasteiger partial charge in [0.25, 0.3) is 0 Å². The van der Waals surface area contributed by atoms with Crippen LogP contribution in [0.5, 0.6) is 0 Å². The maximum absolute atomic E-state index is 13.4. The first kappa shape index (κ1) is 16.0. The lowest BCUT2D eigenvalue weighted by atomic mass is 9.99. The van der Waals surface area contributed by atoms with E-state index < -0.39 is 0 Å². The van der Waals surface area contributed by atoms with Crippen LogP contribution in [0.15, 0.2) is 34.3 Å². The maximum atomic E-state index is 13.4. The highest BCUT2D eigenvalue weighted by atomic mass is 32.2. The Morgan fingerprint density at radius 1 is 1.14 bits per heavy atom. The number of nitrogens with one attached hydrogen (secondary N) is 1. The molecule has 1 aromatic carbocycles. The predicted octanol–water partition coefficient (Wildman–Crippen LogP) is 4.13. The van der Waals surface area contributed by atoms with Crippen molar-refractivity contribution in [2.45, 2.75) is 49.8 Å². The van der Waals surface area contributed by atoms with Crippen LogP contribution in [0.4, 0.5) is 4.39 Å². The van der Waals surface area contributed by atoms with Gasteiger partial charge in [-0.3, -0.25) is 4.79 Å². The number of carbonyl (C=O) groups is 1. The van der Waals surface area contributed by atoms with Crippen LogP contribution in [0.25, 0.3) is 0 Å². The Balaban J connectivity index is 1.77. The molecule has 0 bridgehead atoms. The summed E-state index contributed by atoms with van der Waals surface area (Å²) in [7, 11) is 0. The molecule has 1 N–H and O–H groups in total. The summed E-state index contributed by atoms with van der Waals surface area (Å²) in [6.07, 6.45) is 8.05. The number of hydrazone groups is 1. The van der Waals surface area contributed by atoms with Gasteiger partial charge in [-0.1, -0.05) is 31.4 Å². The molecule has 0 unspecified atom stereocenters. The lowest BCUT2D eigenvalue weighted by Crippen LogP contribution is -2.22. The Morgan fingerprint density at radius 2 is 1.81 bits per heavy atom. The monoisotopic (exact) mass is 308 g/mol. The van der Waals surface area contributed by atoms with Crippen LogP contribution < -0.4 is 5.43 Å². The molecule has 21 heavy (non-hydrogen) atoms. The normalized spacial score (nSPS) is 16.0. The second kappa shape index (κ2) is 8.82. The molecule has 0 radical (unpaired) electrons.